The Balaban J connectivity index is 0.00000364. The van der Waals surface area contributed by atoms with E-state index in [9.17, 15) is 9.59 Å². The van der Waals surface area contributed by atoms with E-state index in [-0.39, 0.29) is 30.8 Å². The lowest BCUT2D eigenvalue weighted by Gasteiger charge is -2.24. The second-order valence-electron chi connectivity index (χ2n) is 6.04. The number of hydrogen-bond acceptors (Lipinski definition) is 6. The zero-order valence-electron chi connectivity index (χ0n) is 16.2. The molecular formula is C18H28ClN3O5. The van der Waals surface area contributed by atoms with Crippen LogP contribution in [-0.4, -0.2) is 77.4 Å². The van der Waals surface area contributed by atoms with E-state index in [1.807, 2.05) is 0 Å². The molecule has 1 heterocycles. The van der Waals surface area contributed by atoms with Crippen molar-refractivity contribution in [2.45, 2.75) is 12.5 Å². The van der Waals surface area contributed by atoms with Gasteiger partial charge in [-0.05, 0) is 6.42 Å². The number of carbonyl (C=O) groups is 2. The van der Waals surface area contributed by atoms with Crippen LogP contribution in [0.15, 0.2) is 18.2 Å². The maximum absolute atomic E-state index is 12.8. The van der Waals surface area contributed by atoms with Crippen molar-refractivity contribution in [2.24, 2.45) is 0 Å². The van der Waals surface area contributed by atoms with Gasteiger partial charge in [-0.1, -0.05) is 0 Å². The number of nitrogens with one attached hydrogen (secondary N) is 1. The van der Waals surface area contributed by atoms with Crippen LogP contribution >= 0.6 is 12.4 Å². The Morgan fingerprint density at radius 1 is 1.22 bits per heavy atom. The Kier molecular flexibility index (Phi) is 9.34. The Labute approximate surface area is 166 Å². The van der Waals surface area contributed by atoms with E-state index in [1.165, 1.54) is 4.90 Å². The van der Waals surface area contributed by atoms with E-state index in [0.717, 1.165) is 0 Å². The summed E-state index contributed by atoms with van der Waals surface area (Å²) in [5, 5.41) is 3.00. The second-order valence-corrected chi connectivity index (χ2v) is 6.04. The summed E-state index contributed by atoms with van der Waals surface area (Å²) in [6.07, 6.45) is 0.582. The van der Waals surface area contributed by atoms with Crippen LogP contribution in [0.3, 0.4) is 0 Å². The summed E-state index contributed by atoms with van der Waals surface area (Å²) < 4.78 is 15.5. The van der Waals surface area contributed by atoms with Gasteiger partial charge in [0.25, 0.3) is 0 Å². The van der Waals surface area contributed by atoms with Crippen LogP contribution < -0.4 is 19.7 Å². The first-order chi connectivity index (χ1) is 12.5. The molecule has 2 rings (SSSR count). The Bertz CT molecular complexity index is 621. The summed E-state index contributed by atoms with van der Waals surface area (Å²) in [6, 6.07) is 4.86. The Morgan fingerprint density at radius 3 is 2.41 bits per heavy atom. The van der Waals surface area contributed by atoms with Gasteiger partial charge in [0.05, 0.1) is 33.1 Å². The van der Waals surface area contributed by atoms with E-state index in [4.69, 9.17) is 14.2 Å². The smallest absolute Gasteiger partial charge is 0.249 e. The third-order valence-electron chi connectivity index (χ3n) is 4.45. The van der Waals surface area contributed by atoms with E-state index in [0.29, 0.717) is 43.3 Å². The van der Waals surface area contributed by atoms with Crippen molar-refractivity contribution < 1.29 is 23.8 Å². The minimum absolute atomic E-state index is 0. The quantitative estimate of drug-likeness (QED) is 0.620. The molecule has 1 aliphatic rings. The number of hydrogen-bond donors (Lipinski definition) is 1. The maximum Gasteiger partial charge on any atom is 0.249 e. The number of methoxy groups -OCH3 is 3. The SMILES string of the molecule is COCCNCC(=O)N(C)C1CCN(c2cc(OC)cc(OC)c2)C1=O.Cl. The van der Waals surface area contributed by atoms with Crippen molar-refractivity contribution in [2.75, 3.05) is 59.5 Å². The fraction of sp³-hybridized carbons (Fsp3) is 0.556. The maximum atomic E-state index is 12.8. The normalized spacial score (nSPS) is 16.1. The summed E-state index contributed by atoms with van der Waals surface area (Å²) in [5.74, 6) is 1.00. The fourth-order valence-corrected chi connectivity index (χ4v) is 2.90. The number of nitrogens with zero attached hydrogens (tertiary/aromatic N) is 2. The molecule has 1 aliphatic heterocycles. The zero-order valence-corrected chi connectivity index (χ0v) is 17.0. The highest BCUT2D eigenvalue weighted by atomic mass is 35.5. The molecular weight excluding hydrogens is 374 g/mol. The molecule has 0 saturated carbocycles. The highest BCUT2D eigenvalue weighted by Gasteiger charge is 2.37. The Hall–Kier alpha value is -2.03. The molecule has 1 aromatic rings. The van der Waals surface area contributed by atoms with Crippen LogP contribution in [0.2, 0.25) is 0 Å². The molecule has 1 aromatic carbocycles. The molecule has 1 N–H and O–H groups in total. The Morgan fingerprint density at radius 2 is 1.85 bits per heavy atom. The zero-order chi connectivity index (χ0) is 19.1. The van der Waals surface area contributed by atoms with E-state index >= 15 is 0 Å². The van der Waals surface area contributed by atoms with Gasteiger partial charge >= 0.3 is 0 Å². The number of carbonyl (C=O) groups excluding carboxylic acids is 2. The first-order valence-electron chi connectivity index (χ1n) is 8.51. The predicted octanol–water partition coefficient (Wildman–Crippen LogP) is 0.925. The van der Waals surface area contributed by atoms with Gasteiger partial charge < -0.3 is 29.3 Å². The lowest BCUT2D eigenvalue weighted by Crippen LogP contribution is -2.46. The predicted molar refractivity (Wildman–Crippen MR) is 105 cm³/mol. The van der Waals surface area contributed by atoms with Gasteiger partial charge in [-0.15, -0.1) is 12.4 Å². The van der Waals surface area contributed by atoms with Gasteiger partial charge in [0, 0.05) is 45.4 Å². The average molecular weight is 402 g/mol. The van der Waals surface area contributed by atoms with Crippen LogP contribution in [0.1, 0.15) is 6.42 Å². The molecule has 0 spiro atoms. The summed E-state index contributed by atoms with van der Waals surface area (Å²) in [6.45, 7) is 1.83. The van der Waals surface area contributed by atoms with Crippen LogP contribution in [-0.2, 0) is 14.3 Å². The third-order valence-corrected chi connectivity index (χ3v) is 4.45. The van der Waals surface area contributed by atoms with E-state index in [1.54, 1.807) is 51.5 Å². The minimum atomic E-state index is -0.469. The van der Waals surface area contributed by atoms with Crippen LogP contribution in [0.4, 0.5) is 5.69 Å². The molecule has 1 unspecified atom stereocenters. The minimum Gasteiger partial charge on any atom is -0.497 e. The summed E-state index contributed by atoms with van der Waals surface area (Å²) in [4.78, 5) is 28.3. The average Bonchev–Trinajstić information content (AvgIpc) is 3.05. The number of benzene rings is 1. The van der Waals surface area contributed by atoms with Gasteiger partial charge in [0.15, 0.2) is 0 Å². The van der Waals surface area contributed by atoms with Gasteiger partial charge in [0.1, 0.15) is 17.5 Å². The second kappa shape index (κ2) is 11.0. The summed E-state index contributed by atoms with van der Waals surface area (Å²) in [7, 11) is 6.40. The highest BCUT2D eigenvalue weighted by molar-refractivity contribution is 6.01. The molecule has 0 aromatic heterocycles. The van der Waals surface area contributed by atoms with Crippen molar-refractivity contribution >= 4 is 29.9 Å². The highest BCUT2D eigenvalue weighted by Crippen LogP contribution is 2.31. The largest absolute Gasteiger partial charge is 0.497 e. The molecule has 1 fully saturated rings. The topological polar surface area (TPSA) is 80.3 Å². The van der Waals surface area contributed by atoms with Crippen LogP contribution in [0.25, 0.3) is 0 Å². The van der Waals surface area contributed by atoms with Crippen molar-refractivity contribution in [1.29, 1.82) is 0 Å². The van der Waals surface area contributed by atoms with Crippen molar-refractivity contribution in [3.8, 4) is 11.5 Å². The van der Waals surface area contributed by atoms with Crippen LogP contribution in [0, 0.1) is 0 Å². The number of amides is 2. The molecule has 8 nitrogen and oxygen atoms in total. The lowest BCUT2D eigenvalue weighted by atomic mass is 10.2. The number of likely N-dealkylation sites (N-methyl/N-ethyl adjacent to an activating group) is 1. The molecule has 0 radical (unpaired) electrons. The van der Waals surface area contributed by atoms with E-state index < -0.39 is 6.04 Å². The number of halogens is 1. The van der Waals surface area contributed by atoms with Crippen molar-refractivity contribution in [3.05, 3.63) is 18.2 Å². The number of ether oxygens (including phenoxy) is 3. The fourth-order valence-electron chi connectivity index (χ4n) is 2.90. The molecule has 1 saturated heterocycles. The summed E-state index contributed by atoms with van der Waals surface area (Å²) in [5.41, 5.74) is 0.702. The molecule has 0 aliphatic carbocycles. The molecule has 0 bridgehead atoms. The van der Waals surface area contributed by atoms with Gasteiger partial charge in [-0.3, -0.25) is 9.59 Å². The van der Waals surface area contributed by atoms with Crippen molar-refractivity contribution in [1.82, 2.24) is 10.2 Å². The van der Waals surface area contributed by atoms with E-state index in [2.05, 4.69) is 5.32 Å². The standard InChI is InChI=1S/C18H27N3O5.ClH/c1-20(17(22)12-19-6-8-24-2)16-5-7-21(18(16)23)13-9-14(25-3)11-15(10-13)26-4;/h9-11,16,19H,5-8,12H2,1-4H3;1H. The molecule has 152 valence electrons. The van der Waals surface area contributed by atoms with Gasteiger partial charge in [0.2, 0.25) is 11.8 Å². The third kappa shape index (κ3) is 5.72. The molecule has 9 heteroatoms. The first kappa shape index (κ1) is 23.0. The summed E-state index contributed by atoms with van der Waals surface area (Å²) >= 11 is 0. The molecule has 1 atom stereocenters. The number of rotatable bonds is 9. The van der Waals surface area contributed by atoms with Crippen LogP contribution in [0.5, 0.6) is 11.5 Å². The lowest BCUT2D eigenvalue weighted by molar-refractivity contribution is -0.136. The van der Waals surface area contributed by atoms with Gasteiger partial charge in [-0.2, -0.15) is 0 Å². The molecule has 2 amide bonds. The first-order valence-corrected chi connectivity index (χ1v) is 8.51. The number of anilines is 1. The molecule has 27 heavy (non-hydrogen) atoms. The van der Waals surface area contributed by atoms with Gasteiger partial charge in [-0.25, -0.2) is 0 Å². The monoisotopic (exact) mass is 401 g/mol. The van der Waals surface area contributed by atoms with Crippen molar-refractivity contribution in [3.63, 3.8) is 0 Å².